The number of carbonyl (C=O) groups excluding carboxylic acids is 2. The number of aliphatic hydroxyl groups excluding tert-OH is 1. The molecule has 0 fully saturated rings. The predicted molar refractivity (Wildman–Crippen MR) is 75.6 cm³/mol. The van der Waals surface area contributed by atoms with E-state index in [4.69, 9.17) is 9.84 Å². The number of ether oxygens (including phenoxy) is 1. The van der Waals surface area contributed by atoms with E-state index < -0.39 is 11.8 Å². The molecule has 1 aromatic rings. The summed E-state index contributed by atoms with van der Waals surface area (Å²) in [6, 6.07) is 6.76. The molecule has 0 saturated heterocycles. The molecule has 0 aliphatic rings. The minimum atomic E-state index is -0.718. The standard InChI is InChI=1S/C14H20N2O4/c1-3-16(9-10-17)14(19)13(18)15-11-5-7-12(8-6-11)20-4-2/h5-8,17H,3-4,9-10H2,1-2H3,(H,15,18). The number of nitrogens with zero attached hydrogens (tertiary/aromatic N) is 1. The van der Waals surface area contributed by atoms with Gasteiger partial charge in [-0.2, -0.15) is 0 Å². The lowest BCUT2D eigenvalue weighted by molar-refractivity contribution is -0.143. The fraction of sp³-hybridized carbons (Fsp3) is 0.429. The van der Waals surface area contributed by atoms with Crippen LogP contribution in [-0.4, -0.2) is 48.1 Å². The van der Waals surface area contributed by atoms with Crippen molar-refractivity contribution in [2.45, 2.75) is 13.8 Å². The van der Waals surface area contributed by atoms with Gasteiger partial charge in [-0.3, -0.25) is 9.59 Å². The maximum absolute atomic E-state index is 11.8. The molecule has 0 aliphatic carbocycles. The van der Waals surface area contributed by atoms with Crippen LogP contribution in [0.1, 0.15) is 13.8 Å². The van der Waals surface area contributed by atoms with Crippen LogP contribution in [0.5, 0.6) is 5.75 Å². The first kappa shape index (κ1) is 16.0. The Balaban J connectivity index is 2.62. The van der Waals surface area contributed by atoms with Crippen molar-refractivity contribution in [1.82, 2.24) is 4.90 Å². The normalized spacial score (nSPS) is 9.95. The summed E-state index contributed by atoms with van der Waals surface area (Å²) < 4.78 is 5.29. The molecule has 1 rings (SSSR count). The Morgan fingerprint density at radius 1 is 1.25 bits per heavy atom. The molecule has 6 nitrogen and oxygen atoms in total. The maximum atomic E-state index is 11.8. The Morgan fingerprint density at radius 2 is 1.90 bits per heavy atom. The Hall–Kier alpha value is -2.08. The van der Waals surface area contributed by atoms with Crippen molar-refractivity contribution in [3.8, 4) is 5.75 Å². The van der Waals surface area contributed by atoms with Gasteiger partial charge in [0, 0.05) is 18.8 Å². The van der Waals surface area contributed by atoms with Crippen molar-refractivity contribution in [3.05, 3.63) is 24.3 Å². The zero-order valence-corrected chi connectivity index (χ0v) is 11.8. The highest BCUT2D eigenvalue weighted by molar-refractivity contribution is 6.39. The summed E-state index contributed by atoms with van der Waals surface area (Å²) in [6.07, 6.45) is 0. The number of hydrogen-bond acceptors (Lipinski definition) is 4. The third kappa shape index (κ3) is 4.55. The smallest absolute Gasteiger partial charge is 0.313 e. The second kappa shape index (κ2) is 8.16. The number of likely N-dealkylation sites (N-methyl/N-ethyl adjacent to an activating group) is 1. The monoisotopic (exact) mass is 280 g/mol. The number of aliphatic hydroxyl groups is 1. The van der Waals surface area contributed by atoms with Crippen LogP contribution in [0.15, 0.2) is 24.3 Å². The SMILES string of the molecule is CCOc1ccc(NC(=O)C(=O)N(CC)CCO)cc1. The second-order valence-corrected chi connectivity index (χ2v) is 4.02. The average Bonchev–Trinajstić information content (AvgIpc) is 2.46. The number of rotatable bonds is 6. The van der Waals surface area contributed by atoms with E-state index in [1.54, 1.807) is 31.2 Å². The van der Waals surface area contributed by atoms with Gasteiger partial charge in [0.1, 0.15) is 5.75 Å². The van der Waals surface area contributed by atoms with E-state index >= 15 is 0 Å². The molecular formula is C14H20N2O4. The van der Waals surface area contributed by atoms with E-state index in [1.807, 2.05) is 6.92 Å². The van der Waals surface area contributed by atoms with Gasteiger partial charge in [0.25, 0.3) is 0 Å². The molecule has 0 atom stereocenters. The Bertz CT molecular complexity index is 445. The van der Waals surface area contributed by atoms with Crippen LogP contribution in [-0.2, 0) is 9.59 Å². The molecule has 0 unspecified atom stereocenters. The summed E-state index contributed by atoms with van der Waals surface area (Å²) in [6.45, 7) is 4.54. The van der Waals surface area contributed by atoms with Crippen molar-refractivity contribution in [2.24, 2.45) is 0 Å². The van der Waals surface area contributed by atoms with Crippen LogP contribution < -0.4 is 10.1 Å². The molecule has 0 radical (unpaired) electrons. The Kier molecular flexibility index (Phi) is 6.52. The van der Waals surface area contributed by atoms with E-state index in [2.05, 4.69) is 5.32 Å². The molecule has 110 valence electrons. The lowest BCUT2D eigenvalue weighted by atomic mass is 10.3. The molecule has 0 heterocycles. The van der Waals surface area contributed by atoms with Gasteiger partial charge in [0.15, 0.2) is 0 Å². The van der Waals surface area contributed by atoms with Crippen molar-refractivity contribution in [3.63, 3.8) is 0 Å². The number of benzene rings is 1. The molecular weight excluding hydrogens is 260 g/mol. The first-order valence-corrected chi connectivity index (χ1v) is 6.56. The molecule has 1 aromatic carbocycles. The molecule has 6 heteroatoms. The molecule has 0 aromatic heterocycles. The van der Waals surface area contributed by atoms with Crippen molar-refractivity contribution >= 4 is 17.5 Å². The lowest BCUT2D eigenvalue weighted by Gasteiger charge is -2.18. The number of nitrogens with one attached hydrogen (secondary N) is 1. The van der Waals surface area contributed by atoms with E-state index in [-0.39, 0.29) is 13.2 Å². The van der Waals surface area contributed by atoms with Crippen LogP contribution in [0.2, 0.25) is 0 Å². The number of carbonyl (C=O) groups is 2. The number of anilines is 1. The van der Waals surface area contributed by atoms with Gasteiger partial charge in [-0.1, -0.05) is 0 Å². The third-order valence-corrected chi connectivity index (χ3v) is 2.66. The van der Waals surface area contributed by atoms with Gasteiger partial charge >= 0.3 is 11.8 Å². The quantitative estimate of drug-likeness (QED) is 0.758. The minimum Gasteiger partial charge on any atom is -0.494 e. The van der Waals surface area contributed by atoms with E-state index in [9.17, 15) is 9.59 Å². The zero-order chi connectivity index (χ0) is 15.0. The largest absolute Gasteiger partial charge is 0.494 e. The van der Waals surface area contributed by atoms with Gasteiger partial charge in [-0.25, -0.2) is 0 Å². The van der Waals surface area contributed by atoms with Gasteiger partial charge in [-0.05, 0) is 38.1 Å². The fourth-order valence-corrected chi connectivity index (χ4v) is 1.65. The summed E-state index contributed by atoms with van der Waals surface area (Å²) in [5.74, 6) is -0.674. The van der Waals surface area contributed by atoms with Crippen LogP contribution in [0, 0.1) is 0 Å². The highest BCUT2D eigenvalue weighted by atomic mass is 16.5. The molecule has 20 heavy (non-hydrogen) atoms. The summed E-state index contributed by atoms with van der Waals surface area (Å²) in [7, 11) is 0. The molecule has 0 bridgehead atoms. The van der Waals surface area contributed by atoms with Crippen LogP contribution in [0.3, 0.4) is 0 Å². The molecule has 2 N–H and O–H groups in total. The van der Waals surface area contributed by atoms with Crippen molar-refractivity contribution in [1.29, 1.82) is 0 Å². The average molecular weight is 280 g/mol. The Labute approximate surface area is 118 Å². The van der Waals surface area contributed by atoms with Gasteiger partial charge in [-0.15, -0.1) is 0 Å². The first-order chi connectivity index (χ1) is 9.62. The van der Waals surface area contributed by atoms with Crippen LogP contribution >= 0.6 is 0 Å². The van der Waals surface area contributed by atoms with E-state index in [1.165, 1.54) is 4.90 Å². The van der Waals surface area contributed by atoms with Crippen molar-refractivity contribution < 1.29 is 19.4 Å². The molecule has 2 amide bonds. The fourth-order valence-electron chi connectivity index (χ4n) is 1.65. The second-order valence-electron chi connectivity index (χ2n) is 4.02. The molecule has 0 spiro atoms. The van der Waals surface area contributed by atoms with Crippen molar-refractivity contribution in [2.75, 3.05) is 31.6 Å². The highest BCUT2D eigenvalue weighted by Gasteiger charge is 2.20. The zero-order valence-electron chi connectivity index (χ0n) is 11.8. The van der Waals surface area contributed by atoms with Gasteiger partial charge < -0.3 is 20.1 Å². The first-order valence-electron chi connectivity index (χ1n) is 6.56. The van der Waals surface area contributed by atoms with Crippen LogP contribution in [0.25, 0.3) is 0 Å². The summed E-state index contributed by atoms with van der Waals surface area (Å²) in [4.78, 5) is 24.9. The lowest BCUT2D eigenvalue weighted by Crippen LogP contribution is -2.41. The Morgan fingerprint density at radius 3 is 2.40 bits per heavy atom. The van der Waals surface area contributed by atoms with Gasteiger partial charge in [0.05, 0.1) is 13.2 Å². The highest BCUT2D eigenvalue weighted by Crippen LogP contribution is 2.15. The third-order valence-electron chi connectivity index (χ3n) is 2.66. The van der Waals surface area contributed by atoms with Crippen LogP contribution in [0.4, 0.5) is 5.69 Å². The summed E-state index contributed by atoms with van der Waals surface area (Å²) in [5.41, 5.74) is 0.520. The summed E-state index contributed by atoms with van der Waals surface area (Å²) >= 11 is 0. The molecule has 0 aliphatic heterocycles. The predicted octanol–water partition coefficient (Wildman–Crippen LogP) is 0.865. The van der Waals surface area contributed by atoms with E-state index in [0.29, 0.717) is 24.6 Å². The maximum Gasteiger partial charge on any atom is 0.313 e. The topological polar surface area (TPSA) is 78.9 Å². The molecule has 0 saturated carbocycles. The van der Waals surface area contributed by atoms with E-state index in [0.717, 1.165) is 0 Å². The number of amides is 2. The van der Waals surface area contributed by atoms with Gasteiger partial charge in [0.2, 0.25) is 0 Å². The minimum absolute atomic E-state index is 0.145. The number of hydrogen-bond donors (Lipinski definition) is 2. The summed E-state index contributed by atoms with van der Waals surface area (Å²) in [5, 5.41) is 11.3.